The van der Waals surface area contributed by atoms with Gasteiger partial charge >= 0.3 is 0 Å². The number of aliphatic hydroxyl groups excluding tert-OH is 1. The molecule has 3 atom stereocenters. The summed E-state index contributed by atoms with van der Waals surface area (Å²) in [4.78, 5) is 34.2. The highest BCUT2D eigenvalue weighted by Gasteiger charge is 2.42. The molecule has 0 unspecified atom stereocenters. The summed E-state index contributed by atoms with van der Waals surface area (Å²) >= 11 is 1.63. The van der Waals surface area contributed by atoms with Gasteiger partial charge in [-0.3, -0.25) is 9.59 Å². The SMILES string of the molecule is Cc1ncsc1-c1ccc(CCC(=O)[C@@H]2C[C@@H](O)CN2C(=O)[C@@H](NCCC(C)C)C2CCCC2)cc1. The number of carbonyl (C=O) groups excluding carboxylic acids is 2. The summed E-state index contributed by atoms with van der Waals surface area (Å²) in [6.45, 7) is 7.45. The highest BCUT2D eigenvalue weighted by molar-refractivity contribution is 7.13. The van der Waals surface area contributed by atoms with Crippen LogP contribution in [0.5, 0.6) is 0 Å². The van der Waals surface area contributed by atoms with Crippen LogP contribution in [0.25, 0.3) is 10.4 Å². The number of aryl methyl sites for hydroxylation is 2. The minimum absolute atomic E-state index is 0.00448. The molecule has 4 rings (SSSR count). The molecule has 0 radical (unpaired) electrons. The fourth-order valence-corrected chi connectivity index (χ4v) is 6.46. The Morgan fingerprint density at radius 3 is 2.56 bits per heavy atom. The number of Topliss-reactive ketones (excluding diaryl/α,β-unsaturated/α-hetero) is 1. The molecule has 2 heterocycles. The van der Waals surface area contributed by atoms with E-state index in [0.29, 0.717) is 31.1 Å². The fraction of sp³-hybridized carbons (Fsp3) is 0.621. The first kappa shape index (κ1) is 27.0. The molecule has 196 valence electrons. The quantitative estimate of drug-likeness (QED) is 0.454. The van der Waals surface area contributed by atoms with E-state index in [4.69, 9.17) is 0 Å². The van der Waals surface area contributed by atoms with E-state index >= 15 is 0 Å². The fourth-order valence-electron chi connectivity index (χ4n) is 5.65. The molecule has 1 saturated heterocycles. The zero-order valence-corrected chi connectivity index (χ0v) is 22.7. The summed E-state index contributed by atoms with van der Waals surface area (Å²) in [7, 11) is 0. The molecular weight excluding hydrogens is 470 g/mol. The smallest absolute Gasteiger partial charge is 0.240 e. The van der Waals surface area contributed by atoms with Crippen LogP contribution in [0.3, 0.4) is 0 Å². The van der Waals surface area contributed by atoms with E-state index < -0.39 is 12.1 Å². The number of hydrogen-bond donors (Lipinski definition) is 2. The zero-order chi connectivity index (χ0) is 25.7. The Hall–Kier alpha value is -2.09. The van der Waals surface area contributed by atoms with Crippen molar-refractivity contribution in [2.75, 3.05) is 13.1 Å². The summed E-state index contributed by atoms with van der Waals surface area (Å²) < 4.78 is 0. The number of thiazole rings is 1. The van der Waals surface area contributed by atoms with Crippen molar-refractivity contribution in [1.29, 1.82) is 0 Å². The number of nitrogens with zero attached hydrogens (tertiary/aromatic N) is 2. The van der Waals surface area contributed by atoms with Gasteiger partial charge in [0.1, 0.15) is 0 Å². The van der Waals surface area contributed by atoms with Gasteiger partial charge in [0.2, 0.25) is 5.91 Å². The lowest BCUT2D eigenvalue weighted by atomic mass is 9.95. The van der Waals surface area contributed by atoms with Crippen LogP contribution in [0, 0.1) is 18.8 Å². The summed E-state index contributed by atoms with van der Waals surface area (Å²) in [5.74, 6) is 0.943. The van der Waals surface area contributed by atoms with Crippen molar-refractivity contribution in [2.24, 2.45) is 11.8 Å². The van der Waals surface area contributed by atoms with Crippen LogP contribution < -0.4 is 5.32 Å². The molecule has 1 saturated carbocycles. The van der Waals surface area contributed by atoms with Crippen LogP contribution in [-0.2, 0) is 16.0 Å². The number of nitrogens with one attached hydrogen (secondary N) is 1. The number of rotatable bonds is 11. The molecule has 0 bridgehead atoms. The van der Waals surface area contributed by atoms with Crippen LogP contribution in [0.2, 0.25) is 0 Å². The van der Waals surface area contributed by atoms with Crippen molar-refractivity contribution in [3.63, 3.8) is 0 Å². The van der Waals surface area contributed by atoms with Crippen LogP contribution in [0.4, 0.5) is 0 Å². The van der Waals surface area contributed by atoms with Gasteiger partial charge in [0.15, 0.2) is 5.78 Å². The van der Waals surface area contributed by atoms with Crippen molar-refractivity contribution in [3.8, 4) is 10.4 Å². The summed E-state index contributed by atoms with van der Waals surface area (Å²) in [6.07, 6.45) is 6.15. The zero-order valence-electron chi connectivity index (χ0n) is 21.9. The minimum atomic E-state index is -0.635. The minimum Gasteiger partial charge on any atom is -0.391 e. The Balaban J connectivity index is 1.38. The first-order valence-electron chi connectivity index (χ1n) is 13.6. The molecule has 1 aromatic heterocycles. The van der Waals surface area contributed by atoms with E-state index in [1.54, 1.807) is 16.2 Å². The maximum atomic E-state index is 13.7. The van der Waals surface area contributed by atoms with Gasteiger partial charge in [0.05, 0.1) is 34.3 Å². The van der Waals surface area contributed by atoms with E-state index in [-0.39, 0.29) is 24.3 Å². The van der Waals surface area contributed by atoms with Gasteiger partial charge in [0, 0.05) is 19.4 Å². The molecule has 2 N–H and O–H groups in total. The van der Waals surface area contributed by atoms with Gasteiger partial charge in [-0.05, 0) is 62.1 Å². The number of hydrogen-bond acceptors (Lipinski definition) is 6. The topological polar surface area (TPSA) is 82.5 Å². The molecule has 0 spiro atoms. The molecule has 6 nitrogen and oxygen atoms in total. The molecular formula is C29H41N3O3S. The number of ketones is 1. The normalized spacial score (nSPS) is 21.4. The Morgan fingerprint density at radius 1 is 1.19 bits per heavy atom. The number of amides is 1. The third kappa shape index (κ3) is 6.61. The molecule has 7 heteroatoms. The largest absolute Gasteiger partial charge is 0.391 e. The monoisotopic (exact) mass is 511 g/mol. The molecule has 2 aliphatic rings. The van der Waals surface area contributed by atoms with Gasteiger partial charge in [-0.15, -0.1) is 11.3 Å². The molecule has 1 aliphatic carbocycles. The van der Waals surface area contributed by atoms with Crippen molar-refractivity contribution in [2.45, 2.75) is 90.3 Å². The van der Waals surface area contributed by atoms with Crippen LogP contribution in [-0.4, -0.2) is 58.0 Å². The molecule has 2 aromatic rings. The first-order chi connectivity index (χ1) is 17.3. The number of aliphatic hydroxyl groups is 1. The number of aromatic nitrogens is 1. The van der Waals surface area contributed by atoms with Crippen molar-refractivity contribution in [3.05, 3.63) is 41.0 Å². The van der Waals surface area contributed by atoms with E-state index in [1.807, 2.05) is 12.4 Å². The third-order valence-electron chi connectivity index (χ3n) is 7.78. The van der Waals surface area contributed by atoms with Gasteiger partial charge in [-0.25, -0.2) is 4.98 Å². The maximum absolute atomic E-state index is 13.7. The van der Waals surface area contributed by atoms with Gasteiger partial charge in [-0.1, -0.05) is 51.0 Å². The Kier molecular flexibility index (Phi) is 9.31. The lowest BCUT2D eigenvalue weighted by Crippen LogP contribution is -2.53. The third-order valence-corrected chi connectivity index (χ3v) is 8.76. The van der Waals surface area contributed by atoms with Gasteiger partial charge in [0.25, 0.3) is 0 Å². The van der Waals surface area contributed by atoms with E-state index in [1.165, 1.54) is 4.88 Å². The average Bonchev–Trinajstić information content (AvgIpc) is 3.61. The second kappa shape index (κ2) is 12.4. The van der Waals surface area contributed by atoms with E-state index in [0.717, 1.165) is 55.5 Å². The number of carbonyl (C=O) groups is 2. The predicted molar refractivity (Wildman–Crippen MR) is 145 cm³/mol. The number of likely N-dealkylation sites (tertiary alicyclic amines) is 1. The molecule has 1 aliphatic heterocycles. The summed E-state index contributed by atoms with van der Waals surface area (Å²) in [5.41, 5.74) is 5.13. The molecule has 2 fully saturated rings. The van der Waals surface area contributed by atoms with E-state index in [9.17, 15) is 14.7 Å². The average molecular weight is 512 g/mol. The Morgan fingerprint density at radius 2 is 1.92 bits per heavy atom. The van der Waals surface area contributed by atoms with Gasteiger partial charge < -0.3 is 15.3 Å². The maximum Gasteiger partial charge on any atom is 0.240 e. The second-order valence-corrected chi connectivity index (χ2v) is 11.8. The van der Waals surface area contributed by atoms with Crippen LogP contribution in [0.15, 0.2) is 29.8 Å². The van der Waals surface area contributed by atoms with Crippen molar-refractivity contribution in [1.82, 2.24) is 15.2 Å². The Bertz CT molecular complexity index is 1010. The first-order valence-corrected chi connectivity index (χ1v) is 14.5. The van der Waals surface area contributed by atoms with Crippen molar-refractivity contribution >= 4 is 23.0 Å². The Labute approximate surface area is 219 Å². The lowest BCUT2D eigenvalue weighted by molar-refractivity contribution is -0.140. The van der Waals surface area contributed by atoms with Crippen LogP contribution >= 0.6 is 11.3 Å². The van der Waals surface area contributed by atoms with E-state index in [2.05, 4.69) is 48.4 Å². The van der Waals surface area contributed by atoms with Gasteiger partial charge in [-0.2, -0.15) is 0 Å². The highest BCUT2D eigenvalue weighted by atomic mass is 32.1. The lowest BCUT2D eigenvalue weighted by Gasteiger charge is -2.31. The molecule has 1 amide bonds. The summed E-state index contributed by atoms with van der Waals surface area (Å²) in [5, 5.41) is 14.0. The number of benzene rings is 1. The number of β-amino-alcohol motifs (C(OH)–C–C–N with tert-alkyl or cyclic N) is 1. The summed E-state index contributed by atoms with van der Waals surface area (Å²) in [6, 6.07) is 7.54. The molecule has 1 aromatic carbocycles. The van der Waals surface area contributed by atoms with Crippen molar-refractivity contribution < 1.29 is 14.7 Å². The standard InChI is InChI=1S/C29H41N3O3S/c1-19(2)14-15-30-27(22-6-4-5-7-22)29(35)32-17-24(33)16-25(32)26(34)13-10-21-8-11-23(12-9-21)28-20(3)31-18-36-28/h8-9,11-12,18-19,22,24-25,27,30,33H,4-7,10,13-17H2,1-3H3/t24-,25+,27+/m1/s1. The second-order valence-electron chi connectivity index (χ2n) is 11.0. The molecule has 36 heavy (non-hydrogen) atoms. The predicted octanol–water partition coefficient (Wildman–Crippen LogP) is 4.78. The highest BCUT2D eigenvalue weighted by Crippen LogP contribution is 2.31. The van der Waals surface area contributed by atoms with Crippen LogP contribution in [0.1, 0.15) is 70.1 Å².